The van der Waals surface area contributed by atoms with Crippen LogP contribution in [0.3, 0.4) is 0 Å². The molecule has 1 aliphatic rings. The second-order valence-corrected chi connectivity index (χ2v) is 8.08. The molecule has 1 N–H and O–H groups in total. The molecule has 1 atom stereocenters. The summed E-state index contributed by atoms with van der Waals surface area (Å²) in [5, 5.41) is 0. The summed E-state index contributed by atoms with van der Waals surface area (Å²) >= 11 is 0. The van der Waals surface area contributed by atoms with Gasteiger partial charge in [-0.15, -0.1) is 0 Å². The predicted octanol–water partition coefficient (Wildman–Crippen LogP) is 1.19. The molecule has 2 heterocycles. The molecule has 8 nitrogen and oxygen atoms in total. The zero-order valence-corrected chi connectivity index (χ0v) is 16.4. The summed E-state index contributed by atoms with van der Waals surface area (Å²) < 4.78 is 38.2. The molecule has 1 saturated heterocycles. The van der Waals surface area contributed by atoms with E-state index in [2.05, 4.69) is 9.71 Å². The Hall–Kier alpha value is -2.49. The third-order valence-corrected chi connectivity index (χ3v) is 5.70. The molecular formula is C19H23N3O5S. The Kier molecular flexibility index (Phi) is 6.61. The molecular weight excluding hydrogens is 382 g/mol. The first-order chi connectivity index (χ1) is 13.5. The molecule has 0 radical (unpaired) electrons. The predicted molar refractivity (Wildman–Crippen MR) is 102 cm³/mol. The van der Waals surface area contributed by atoms with Crippen LogP contribution in [0.4, 0.5) is 0 Å². The smallest absolute Gasteiger partial charge is 0.263 e. The Morgan fingerprint density at radius 2 is 1.93 bits per heavy atom. The molecule has 1 aliphatic heterocycles. The van der Waals surface area contributed by atoms with E-state index in [0.717, 1.165) is 0 Å². The lowest BCUT2D eigenvalue weighted by Gasteiger charge is -2.29. The number of sulfonamides is 1. The van der Waals surface area contributed by atoms with Gasteiger partial charge in [0.15, 0.2) is 6.10 Å². The van der Waals surface area contributed by atoms with Crippen molar-refractivity contribution in [3.05, 3.63) is 54.4 Å². The summed E-state index contributed by atoms with van der Waals surface area (Å²) in [7, 11) is -3.67. The van der Waals surface area contributed by atoms with Gasteiger partial charge in [0.05, 0.1) is 30.3 Å². The van der Waals surface area contributed by atoms with Crippen LogP contribution in [-0.4, -0.2) is 56.6 Å². The largest absolute Gasteiger partial charge is 0.481 e. The van der Waals surface area contributed by atoms with Crippen LogP contribution in [-0.2, 0) is 26.1 Å². The Balaban J connectivity index is 1.58. The second kappa shape index (κ2) is 9.13. The summed E-state index contributed by atoms with van der Waals surface area (Å²) in [4.78, 5) is 18.3. The summed E-state index contributed by atoms with van der Waals surface area (Å²) in [5.74, 6) is 0.315. The maximum atomic E-state index is 12.4. The lowest BCUT2D eigenvalue weighted by Crippen LogP contribution is -2.46. The van der Waals surface area contributed by atoms with E-state index in [0.29, 0.717) is 37.7 Å². The van der Waals surface area contributed by atoms with Crippen LogP contribution in [0.15, 0.2) is 53.6 Å². The number of benzene rings is 1. The summed E-state index contributed by atoms with van der Waals surface area (Å²) in [6, 6.07) is 11.3. The van der Waals surface area contributed by atoms with Crippen molar-refractivity contribution in [2.45, 2.75) is 24.5 Å². The number of morpholine rings is 1. The second-order valence-electron chi connectivity index (χ2n) is 6.31. The molecule has 28 heavy (non-hydrogen) atoms. The van der Waals surface area contributed by atoms with Gasteiger partial charge in [0.2, 0.25) is 10.0 Å². The van der Waals surface area contributed by atoms with Crippen molar-refractivity contribution in [1.29, 1.82) is 0 Å². The van der Waals surface area contributed by atoms with E-state index in [1.165, 1.54) is 12.1 Å². The summed E-state index contributed by atoms with van der Waals surface area (Å²) in [6.07, 6.45) is 0.942. The van der Waals surface area contributed by atoms with Gasteiger partial charge in [-0.3, -0.25) is 9.78 Å². The van der Waals surface area contributed by atoms with Gasteiger partial charge in [-0.05, 0) is 43.3 Å². The van der Waals surface area contributed by atoms with Gasteiger partial charge >= 0.3 is 0 Å². The van der Waals surface area contributed by atoms with Crippen LogP contribution in [0.1, 0.15) is 12.6 Å². The van der Waals surface area contributed by atoms with Crippen LogP contribution in [0, 0.1) is 0 Å². The van der Waals surface area contributed by atoms with Crippen molar-refractivity contribution in [2.75, 3.05) is 26.3 Å². The SMILES string of the molecule is C[C@H](Oc1ccc(S(=O)(=O)NCc2ccccn2)cc1)C(=O)N1CCOCC1. The number of amides is 1. The van der Waals surface area contributed by atoms with E-state index in [1.54, 1.807) is 48.4 Å². The monoisotopic (exact) mass is 405 g/mol. The van der Waals surface area contributed by atoms with Gasteiger partial charge in [-0.1, -0.05) is 6.07 Å². The molecule has 0 aliphatic carbocycles. The number of carbonyl (C=O) groups is 1. The Labute approximate surface area is 164 Å². The van der Waals surface area contributed by atoms with Gasteiger partial charge in [0, 0.05) is 19.3 Å². The Morgan fingerprint density at radius 3 is 2.57 bits per heavy atom. The molecule has 3 rings (SSSR count). The molecule has 0 spiro atoms. The van der Waals surface area contributed by atoms with Gasteiger partial charge in [0.1, 0.15) is 5.75 Å². The van der Waals surface area contributed by atoms with Gasteiger partial charge in [0.25, 0.3) is 5.91 Å². The first-order valence-corrected chi connectivity index (χ1v) is 10.5. The third-order valence-electron chi connectivity index (χ3n) is 4.29. The number of nitrogens with zero attached hydrogens (tertiary/aromatic N) is 2. The number of hydrogen-bond donors (Lipinski definition) is 1. The molecule has 0 bridgehead atoms. The van der Waals surface area contributed by atoms with Crippen LogP contribution in [0.2, 0.25) is 0 Å². The number of rotatable bonds is 7. The van der Waals surface area contributed by atoms with Crippen molar-refractivity contribution < 1.29 is 22.7 Å². The average Bonchev–Trinajstić information content (AvgIpc) is 2.73. The zero-order chi connectivity index (χ0) is 20.0. The number of nitrogens with one attached hydrogen (secondary N) is 1. The van der Waals surface area contributed by atoms with E-state index < -0.39 is 16.1 Å². The zero-order valence-electron chi connectivity index (χ0n) is 15.6. The Morgan fingerprint density at radius 1 is 1.21 bits per heavy atom. The topological polar surface area (TPSA) is 97.8 Å². The number of hydrogen-bond acceptors (Lipinski definition) is 6. The number of aromatic nitrogens is 1. The van der Waals surface area contributed by atoms with Gasteiger partial charge in [-0.2, -0.15) is 0 Å². The average molecular weight is 405 g/mol. The molecule has 2 aromatic rings. The number of pyridine rings is 1. The summed E-state index contributed by atoms with van der Waals surface area (Å²) in [6.45, 7) is 3.92. The standard InChI is InChI=1S/C19H23N3O5S/c1-15(19(23)22-10-12-26-13-11-22)27-17-5-7-18(8-6-17)28(24,25)21-14-16-4-2-3-9-20-16/h2-9,15,21H,10-14H2,1H3/t15-/m0/s1. The van der Waals surface area contributed by atoms with Crippen molar-refractivity contribution >= 4 is 15.9 Å². The molecule has 9 heteroatoms. The maximum absolute atomic E-state index is 12.4. The highest BCUT2D eigenvalue weighted by atomic mass is 32.2. The molecule has 0 saturated carbocycles. The van der Waals surface area contributed by atoms with Crippen LogP contribution < -0.4 is 9.46 Å². The fraction of sp³-hybridized carbons (Fsp3) is 0.368. The molecule has 150 valence electrons. The van der Waals surface area contributed by atoms with Crippen molar-refractivity contribution in [3.8, 4) is 5.75 Å². The third kappa shape index (κ3) is 5.28. The van der Waals surface area contributed by atoms with Gasteiger partial charge < -0.3 is 14.4 Å². The molecule has 1 aromatic carbocycles. The van der Waals surface area contributed by atoms with Crippen LogP contribution in [0.25, 0.3) is 0 Å². The van der Waals surface area contributed by atoms with E-state index in [1.807, 2.05) is 0 Å². The van der Waals surface area contributed by atoms with Crippen LogP contribution >= 0.6 is 0 Å². The van der Waals surface area contributed by atoms with E-state index in [-0.39, 0.29) is 17.3 Å². The molecule has 1 fully saturated rings. The van der Waals surface area contributed by atoms with E-state index in [4.69, 9.17) is 9.47 Å². The highest BCUT2D eigenvalue weighted by Crippen LogP contribution is 2.18. The molecule has 1 amide bonds. The van der Waals surface area contributed by atoms with Gasteiger partial charge in [-0.25, -0.2) is 13.1 Å². The van der Waals surface area contributed by atoms with Crippen molar-refractivity contribution in [2.24, 2.45) is 0 Å². The molecule has 0 unspecified atom stereocenters. The quantitative estimate of drug-likeness (QED) is 0.743. The minimum atomic E-state index is -3.67. The first kappa shape index (κ1) is 20.2. The fourth-order valence-corrected chi connectivity index (χ4v) is 3.75. The number of ether oxygens (including phenoxy) is 2. The van der Waals surface area contributed by atoms with Crippen molar-refractivity contribution in [3.63, 3.8) is 0 Å². The maximum Gasteiger partial charge on any atom is 0.263 e. The lowest BCUT2D eigenvalue weighted by molar-refractivity contribution is -0.142. The van der Waals surface area contributed by atoms with Crippen LogP contribution in [0.5, 0.6) is 5.75 Å². The highest BCUT2D eigenvalue weighted by molar-refractivity contribution is 7.89. The fourth-order valence-electron chi connectivity index (χ4n) is 2.75. The minimum absolute atomic E-state index is 0.104. The Bertz CT molecular complexity index is 882. The summed E-state index contributed by atoms with van der Waals surface area (Å²) in [5.41, 5.74) is 0.626. The molecule has 1 aromatic heterocycles. The van der Waals surface area contributed by atoms with E-state index in [9.17, 15) is 13.2 Å². The first-order valence-electron chi connectivity index (χ1n) is 8.98. The normalized spacial score (nSPS) is 15.8. The van der Waals surface area contributed by atoms with Crippen molar-refractivity contribution in [1.82, 2.24) is 14.6 Å². The lowest BCUT2D eigenvalue weighted by atomic mass is 10.3. The minimum Gasteiger partial charge on any atom is -0.481 e. The van der Waals surface area contributed by atoms with E-state index >= 15 is 0 Å². The number of carbonyl (C=O) groups excluding carboxylic acids is 1. The highest BCUT2D eigenvalue weighted by Gasteiger charge is 2.24.